The molecule has 2 aromatic rings. The van der Waals surface area contributed by atoms with Gasteiger partial charge in [-0.15, -0.1) is 0 Å². The van der Waals surface area contributed by atoms with Gasteiger partial charge in [0, 0.05) is 30.2 Å². The third kappa shape index (κ3) is 1.50. The Morgan fingerprint density at radius 1 is 1.20 bits per heavy atom. The average Bonchev–Trinajstić information content (AvgIpc) is 2.85. The Kier molecular flexibility index (Phi) is 2.48. The Morgan fingerprint density at radius 3 is 2.85 bits per heavy atom. The summed E-state index contributed by atoms with van der Waals surface area (Å²) in [5.74, 6) is 1.59. The second kappa shape index (κ2) is 4.13. The van der Waals surface area contributed by atoms with Crippen LogP contribution in [0.25, 0.3) is 16.5 Å². The minimum atomic E-state index is 0.502. The zero-order chi connectivity index (χ0) is 13.9. The van der Waals surface area contributed by atoms with E-state index in [-0.39, 0.29) is 0 Å². The van der Waals surface area contributed by atoms with Crippen molar-refractivity contribution in [3.05, 3.63) is 36.0 Å². The standard InChI is InChI=1S/C17H20N2O/c1-11-8-14-12-4-5-16(20-3)13-6-7-19(17(12)13)10-15(14)18(2)9-11/h4-8,11,15H,9-10H2,1-3H3. The highest BCUT2D eigenvalue weighted by Gasteiger charge is 2.32. The summed E-state index contributed by atoms with van der Waals surface area (Å²) in [7, 11) is 3.99. The van der Waals surface area contributed by atoms with E-state index in [2.05, 4.69) is 53.9 Å². The summed E-state index contributed by atoms with van der Waals surface area (Å²) in [6, 6.07) is 7.01. The molecule has 2 atom stereocenters. The van der Waals surface area contributed by atoms with Crippen molar-refractivity contribution in [2.24, 2.45) is 5.92 Å². The highest BCUT2D eigenvalue weighted by atomic mass is 16.5. The van der Waals surface area contributed by atoms with E-state index in [0.717, 1.165) is 18.8 Å². The molecule has 20 heavy (non-hydrogen) atoms. The van der Waals surface area contributed by atoms with Gasteiger partial charge in [-0.3, -0.25) is 4.90 Å². The lowest BCUT2D eigenvalue weighted by Gasteiger charge is -2.39. The molecule has 1 aromatic carbocycles. The van der Waals surface area contributed by atoms with Crippen LogP contribution in [-0.2, 0) is 6.54 Å². The summed E-state index contributed by atoms with van der Waals surface area (Å²) >= 11 is 0. The van der Waals surface area contributed by atoms with E-state index in [1.54, 1.807) is 7.11 Å². The topological polar surface area (TPSA) is 17.4 Å². The van der Waals surface area contributed by atoms with Crippen molar-refractivity contribution in [3.63, 3.8) is 0 Å². The van der Waals surface area contributed by atoms with Gasteiger partial charge in [-0.2, -0.15) is 0 Å². The number of likely N-dealkylation sites (N-methyl/N-ethyl adjacent to an activating group) is 1. The second-order valence-corrected chi connectivity index (χ2v) is 6.10. The van der Waals surface area contributed by atoms with Gasteiger partial charge in [0.2, 0.25) is 0 Å². The first kappa shape index (κ1) is 12.0. The zero-order valence-corrected chi connectivity index (χ0v) is 12.3. The molecule has 0 saturated heterocycles. The minimum absolute atomic E-state index is 0.502. The molecule has 0 saturated carbocycles. The maximum absolute atomic E-state index is 5.50. The summed E-state index contributed by atoms with van der Waals surface area (Å²) in [6.07, 6.45) is 4.65. The fourth-order valence-corrected chi connectivity index (χ4v) is 3.84. The Hall–Kier alpha value is -1.74. The molecule has 0 spiro atoms. The number of ether oxygens (including phenoxy) is 1. The first-order chi connectivity index (χ1) is 9.69. The van der Waals surface area contributed by atoms with Crippen LogP contribution in [0.5, 0.6) is 5.75 Å². The maximum Gasteiger partial charge on any atom is 0.128 e. The van der Waals surface area contributed by atoms with Crippen LogP contribution in [0.1, 0.15) is 12.5 Å². The molecule has 2 aliphatic rings. The summed E-state index contributed by atoms with van der Waals surface area (Å²) in [6.45, 7) is 4.48. The lowest BCUT2D eigenvalue weighted by atomic mass is 9.86. The van der Waals surface area contributed by atoms with Crippen LogP contribution >= 0.6 is 0 Å². The molecular weight excluding hydrogens is 248 g/mol. The molecule has 0 aliphatic carbocycles. The van der Waals surface area contributed by atoms with Gasteiger partial charge < -0.3 is 9.30 Å². The van der Waals surface area contributed by atoms with Crippen LogP contribution in [0.4, 0.5) is 0 Å². The molecule has 4 rings (SSSR count). The maximum atomic E-state index is 5.50. The number of nitrogens with zero attached hydrogens (tertiary/aromatic N) is 2. The van der Waals surface area contributed by atoms with E-state index >= 15 is 0 Å². The van der Waals surface area contributed by atoms with Crippen LogP contribution in [0.2, 0.25) is 0 Å². The van der Waals surface area contributed by atoms with Crippen molar-refractivity contribution in [3.8, 4) is 5.75 Å². The van der Waals surface area contributed by atoms with E-state index in [1.165, 1.54) is 22.0 Å². The van der Waals surface area contributed by atoms with E-state index in [9.17, 15) is 0 Å². The summed E-state index contributed by atoms with van der Waals surface area (Å²) < 4.78 is 7.88. The Bertz CT molecular complexity index is 713. The third-order valence-electron chi connectivity index (χ3n) is 4.72. The zero-order valence-electron chi connectivity index (χ0n) is 12.3. The molecule has 2 aliphatic heterocycles. The number of rotatable bonds is 1. The van der Waals surface area contributed by atoms with Crippen molar-refractivity contribution in [2.45, 2.75) is 19.5 Å². The van der Waals surface area contributed by atoms with Gasteiger partial charge in [-0.1, -0.05) is 13.0 Å². The van der Waals surface area contributed by atoms with Crippen LogP contribution in [-0.4, -0.2) is 36.2 Å². The lowest BCUT2D eigenvalue weighted by molar-refractivity contribution is 0.234. The van der Waals surface area contributed by atoms with E-state index < -0.39 is 0 Å². The van der Waals surface area contributed by atoms with Gasteiger partial charge in [0.1, 0.15) is 5.75 Å². The van der Waals surface area contributed by atoms with Crippen molar-refractivity contribution >= 4 is 16.5 Å². The quantitative estimate of drug-likeness (QED) is 0.791. The second-order valence-electron chi connectivity index (χ2n) is 6.10. The molecule has 0 radical (unpaired) electrons. The number of benzene rings is 1. The molecule has 2 unspecified atom stereocenters. The Balaban J connectivity index is 2.00. The van der Waals surface area contributed by atoms with Crippen molar-refractivity contribution in [1.82, 2.24) is 9.47 Å². The minimum Gasteiger partial charge on any atom is -0.496 e. The number of methoxy groups -OCH3 is 1. The highest BCUT2D eigenvalue weighted by molar-refractivity contribution is 5.98. The van der Waals surface area contributed by atoms with Gasteiger partial charge in [0.15, 0.2) is 0 Å². The summed E-state index contributed by atoms with van der Waals surface area (Å²) in [4.78, 5) is 2.49. The average molecular weight is 268 g/mol. The molecular formula is C17H20N2O. The molecule has 3 heterocycles. The third-order valence-corrected chi connectivity index (χ3v) is 4.72. The van der Waals surface area contributed by atoms with E-state index in [1.807, 2.05) is 0 Å². The Labute approximate surface area is 119 Å². The van der Waals surface area contributed by atoms with Gasteiger partial charge >= 0.3 is 0 Å². The van der Waals surface area contributed by atoms with Crippen molar-refractivity contribution < 1.29 is 4.74 Å². The molecule has 3 heteroatoms. The monoisotopic (exact) mass is 268 g/mol. The fraction of sp³-hybridized carbons (Fsp3) is 0.412. The van der Waals surface area contributed by atoms with Gasteiger partial charge in [-0.25, -0.2) is 0 Å². The van der Waals surface area contributed by atoms with Crippen LogP contribution < -0.4 is 4.74 Å². The molecule has 3 nitrogen and oxygen atoms in total. The summed E-state index contributed by atoms with van der Waals surface area (Å²) in [5.41, 5.74) is 4.19. The number of fused-ring (bicyclic) bond motifs is 2. The van der Waals surface area contributed by atoms with Crippen LogP contribution in [0, 0.1) is 5.92 Å². The first-order valence-corrected chi connectivity index (χ1v) is 7.27. The number of aromatic nitrogens is 1. The predicted molar refractivity (Wildman–Crippen MR) is 82.0 cm³/mol. The molecule has 0 bridgehead atoms. The number of hydrogen-bond acceptors (Lipinski definition) is 2. The highest BCUT2D eigenvalue weighted by Crippen LogP contribution is 2.41. The largest absolute Gasteiger partial charge is 0.496 e. The number of hydrogen-bond donors (Lipinski definition) is 0. The molecule has 1 aromatic heterocycles. The van der Waals surface area contributed by atoms with Gasteiger partial charge in [-0.05, 0) is 36.7 Å². The van der Waals surface area contributed by atoms with Crippen LogP contribution in [0.15, 0.2) is 30.5 Å². The molecule has 104 valence electrons. The van der Waals surface area contributed by atoms with Crippen molar-refractivity contribution in [2.75, 3.05) is 20.7 Å². The Morgan fingerprint density at radius 2 is 2.05 bits per heavy atom. The van der Waals surface area contributed by atoms with Crippen LogP contribution in [0.3, 0.4) is 0 Å². The van der Waals surface area contributed by atoms with Gasteiger partial charge in [0.05, 0.1) is 18.7 Å². The normalized spacial score (nSPS) is 25.4. The smallest absolute Gasteiger partial charge is 0.128 e. The fourth-order valence-electron chi connectivity index (χ4n) is 3.84. The predicted octanol–water partition coefficient (Wildman–Crippen LogP) is 3.00. The van der Waals surface area contributed by atoms with E-state index in [0.29, 0.717) is 12.0 Å². The van der Waals surface area contributed by atoms with E-state index in [4.69, 9.17) is 4.74 Å². The molecule has 0 fully saturated rings. The first-order valence-electron chi connectivity index (χ1n) is 7.27. The SMILES string of the molecule is COc1ccc2c3c1ccn3CC1C2=CC(C)CN1C. The molecule has 0 N–H and O–H groups in total. The molecule has 0 amide bonds. The lowest BCUT2D eigenvalue weighted by Crippen LogP contribution is -2.43. The van der Waals surface area contributed by atoms with Crippen molar-refractivity contribution in [1.29, 1.82) is 0 Å². The summed E-state index contributed by atoms with van der Waals surface area (Å²) in [5, 5.41) is 1.23. The van der Waals surface area contributed by atoms with Gasteiger partial charge in [0.25, 0.3) is 0 Å².